The summed E-state index contributed by atoms with van der Waals surface area (Å²) in [6, 6.07) is 0. The maximum atomic E-state index is 9.99. The van der Waals surface area contributed by atoms with Crippen LogP contribution in [0.5, 0.6) is 0 Å². The van der Waals surface area contributed by atoms with Gasteiger partial charge in [-0.1, -0.05) is 0 Å². The molecular weight excluding hydrogens is 344 g/mol. The van der Waals surface area contributed by atoms with Crippen molar-refractivity contribution in [2.45, 2.75) is 55.1 Å². The van der Waals surface area contributed by atoms with Gasteiger partial charge >= 0.3 is 0 Å². The molecule has 11 heteroatoms. The molecule has 148 valence electrons. The fraction of sp³-hybridized carbons (Fsp3) is 1.00. The van der Waals surface area contributed by atoms with Crippen LogP contribution in [0.3, 0.4) is 0 Å². The van der Waals surface area contributed by atoms with Crippen molar-refractivity contribution in [3.8, 4) is 0 Å². The number of hydrogen-bond acceptors (Lipinski definition) is 11. The van der Waals surface area contributed by atoms with E-state index in [1.807, 2.05) is 0 Å². The SMILES string of the molecule is OC[C@H]1O[C@@H](COC[C@H]2[C@H](O)[C@@H](O)[C@H](O)O[C@@H]2CO)[C@H](O)[C@@H](O)[C@H]1O. The van der Waals surface area contributed by atoms with Crippen LogP contribution in [0, 0.1) is 5.92 Å². The van der Waals surface area contributed by atoms with Gasteiger partial charge in [0.2, 0.25) is 0 Å². The minimum absolute atomic E-state index is 0.203. The van der Waals surface area contributed by atoms with E-state index in [1.165, 1.54) is 0 Å². The normalized spacial score (nSPS) is 48.5. The Bertz CT molecular complexity index is 406. The Kier molecular flexibility index (Phi) is 7.49. The van der Waals surface area contributed by atoms with Crippen molar-refractivity contribution in [3.05, 3.63) is 0 Å². The average molecular weight is 370 g/mol. The lowest BCUT2D eigenvalue weighted by molar-refractivity contribution is -0.282. The molecule has 10 atom stereocenters. The standard InChI is InChI=1S/C14H26O11/c15-1-6-5(9(17)13(21)14(22)25-6)3-23-4-8-11(19)12(20)10(18)7(2-16)24-8/h5-22H,1-4H2/t5-,6-,7-,8+,9+,10+,11+,12+,13-,14-/m1/s1. The molecule has 11 nitrogen and oxygen atoms in total. The molecule has 8 N–H and O–H groups in total. The highest BCUT2D eigenvalue weighted by atomic mass is 16.6. The lowest BCUT2D eigenvalue weighted by Gasteiger charge is -2.41. The zero-order valence-corrected chi connectivity index (χ0v) is 13.4. The van der Waals surface area contributed by atoms with E-state index in [1.54, 1.807) is 0 Å². The second-order valence-corrected chi connectivity index (χ2v) is 6.30. The van der Waals surface area contributed by atoms with E-state index >= 15 is 0 Å². The van der Waals surface area contributed by atoms with Gasteiger partial charge in [-0.15, -0.1) is 0 Å². The maximum absolute atomic E-state index is 9.99. The summed E-state index contributed by atoms with van der Waals surface area (Å²) in [7, 11) is 0. The molecule has 0 aliphatic carbocycles. The summed E-state index contributed by atoms with van der Waals surface area (Å²) < 4.78 is 15.6. The highest BCUT2D eigenvalue weighted by Gasteiger charge is 2.45. The van der Waals surface area contributed by atoms with E-state index in [4.69, 9.17) is 19.3 Å². The number of aliphatic hydroxyl groups excluding tert-OH is 8. The third-order valence-electron chi connectivity index (χ3n) is 4.64. The summed E-state index contributed by atoms with van der Waals surface area (Å²) in [5, 5.41) is 76.7. The van der Waals surface area contributed by atoms with Crippen molar-refractivity contribution >= 4 is 0 Å². The molecule has 2 aliphatic heterocycles. The Morgan fingerprint density at radius 2 is 1.20 bits per heavy atom. The van der Waals surface area contributed by atoms with Crippen molar-refractivity contribution in [2.75, 3.05) is 26.4 Å². The van der Waals surface area contributed by atoms with E-state index in [0.717, 1.165) is 0 Å². The molecule has 0 amide bonds. The molecule has 2 heterocycles. The van der Waals surface area contributed by atoms with Crippen LogP contribution >= 0.6 is 0 Å². The summed E-state index contributed by atoms with van der Waals surface area (Å²) in [5.41, 5.74) is 0. The fourth-order valence-corrected chi connectivity index (χ4v) is 3.02. The Balaban J connectivity index is 1.90. The lowest BCUT2D eigenvalue weighted by atomic mass is 9.90. The monoisotopic (exact) mass is 370 g/mol. The van der Waals surface area contributed by atoms with Gasteiger partial charge in [-0.2, -0.15) is 0 Å². The Morgan fingerprint density at radius 3 is 1.80 bits per heavy atom. The predicted molar refractivity (Wildman–Crippen MR) is 78.1 cm³/mol. The molecule has 0 bridgehead atoms. The van der Waals surface area contributed by atoms with Crippen molar-refractivity contribution in [1.29, 1.82) is 0 Å². The molecule has 2 fully saturated rings. The number of ether oxygens (including phenoxy) is 3. The highest BCUT2D eigenvalue weighted by Crippen LogP contribution is 2.26. The third kappa shape index (κ3) is 4.46. The molecule has 0 aromatic rings. The molecule has 2 rings (SSSR count). The van der Waals surface area contributed by atoms with E-state index in [-0.39, 0.29) is 13.2 Å². The summed E-state index contributed by atoms with van der Waals surface area (Å²) >= 11 is 0. The maximum Gasteiger partial charge on any atom is 0.183 e. The summed E-state index contributed by atoms with van der Waals surface area (Å²) in [6.45, 7) is -1.53. The molecule has 0 aromatic carbocycles. The van der Waals surface area contributed by atoms with Crippen molar-refractivity contribution < 1.29 is 55.1 Å². The van der Waals surface area contributed by atoms with Crippen LogP contribution in [0.1, 0.15) is 0 Å². The first-order valence-corrected chi connectivity index (χ1v) is 8.00. The Hall–Kier alpha value is -0.440. The molecule has 0 saturated carbocycles. The minimum atomic E-state index is -1.63. The molecule has 0 spiro atoms. The summed E-state index contributed by atoms with van der Waals surface area (Å²) in [5.74, 6) is -0.853. The first-order valence-electron chi connectivity index (χ1n) is 8.00. The third-order valence-corrected chi connectivity index (χ3v) is 4.64. The quantitative estimate of drug-likeness (QED) is 0.223. The molecule has 2 saturated heterocycles. The summed E-state index contributed by atoms with van der Waals surface area (Å²) in [4.78, 5) is 0. The first-order chi connectivity index (χ1) is 11.8. The first kappa shape index (κ1) is 20.9. The van der Waals surface area contributed by atoms with Crippen LogP contribution in [0.15, 0.2) is 0 Å². The van der Waals surface area contributed by atoms with Gasteiger partial charge in [-0.05, 0) is 0 Å². The summed E-state index contributed by atoms with van der Waals surface area (Å²) in [6.07, 6.45) is -12.1. The highest BCUT2D eigenvalue weighted by molar-refractivity contribution is 4.92. The van der Waals surface area contributed by atoms with Gasteiger partial charge in [0.05, 0.1) is 38.6 Å². The smallest absolute Gasteiger partial charge is 0.183 e. The van der Waals surface area contributed by atoms with Gasteiger partial charge in [0.1, 0.15) is 36.6 Å². The van der Waals surface area contributed by atoms with Crippen LogP contribution in [-0.4, -0.2) is 122 Å². The largest absolute Gasteiger partial charge is 0.394 e. The predicted octanol–water partition coefficient (Wildman–Crippen LogP) is -5.11. The zero-order valence-electron chi connectivity index (χ0n) is 13.4. The fourth-order valence-electron chi connectivity index (χ4n) is 3.02. The molecule has 0 unspecified atom stereocenters. The lowest BCUT2D eigenvalue weighted by Crippen LogP contribution is -2.60. The second-order valence-electron chi connectivity index (χ2n) is 6.30. The number of hydrogen-bond donors (Lipinski definition) is 8. The van der Waals surface area contributed by atoms with Crippen molar-refractivity contribution in [2.24, 2.45) is 5.92 Å². The molecule has 0 aromatic heterocycles. The van der Waals surface area contributed by atoms with Gasteiger partial charge in [0, 0.05) is 5.92 Å². The molecular formula is C14H26O11. The van der Waals surface area contributed by atoms with Crippen molar-refractivity contribution in [3.63, 3.8) is 0 Å². The molecule has 2 aliphatic rings. The van der Waals surface area contributed by atoms with Crippen LogP contribution in [-0.2, 0) is 14.2 Å². The number of rotatable bonds is 6. The molecule has 0 radical (unpaired) electrons. The molecule has 25 heavy (non-hydrogen) atoms. The second kappa shape index (κ2) is 8.97. The van der Waals surface area contributed by atoms with E-state index in [0.29, 0.717) is 0 Å². The van der Waals surface area contributed by atoms with E-state index < -0.39 is 74.3 Å². The Labute approximate surface area is 143 Å². The van der Waals surface area contributed by atoms with Gasteiger partial charge < -0.3 is 55.1 Å². The van der Waals surface area contributed by atoms with Crippen LogP contribution in [0.25, 0.3) is 0 Å². The van der Waals surface area contributed by atoms with Gasteiger partial charge in [-0.3, -0.25) is 0 Å². The topological polar surface area (TPSA) is 190 Å². The number of aliphatic hydroxyl groups is 8. The van der Waals surface area contributed by atoms with Crippen LogP contribution in [0.2, 0.25) is 0 Å². The van der Waals surface area contributed by atoms with Crippen LogP contribution < -0.4 is 0 Å². The van der Waals surface area contributed by atoms with Crippen LogP contribution in [0.4, 0.5) is 0 Å². The van der Waals surface area contributed by atoms with Gasteiger partial charge in [-0.25, -0.2) is 0 Å². The Morgan fingerprint density at radius 1 is 0.600 bits per heavy atom. The van der Waals surface area contributed by atoms with Crippen molar-refractivity contribution in [1.82, 2.24) is 0 Å². The van der Waals surface area contributed by atoms with Gasteiger partial charge in [0.15, 0.2) is 6.29 Å². The zero-order chi connectivity index (χ0) is 18.7. The minimum Gasteiger partial charge on any atom is -0.394 e. The van der Waals surface area contributed by atoms with E-state index in [2.05, 4.69) is 0 Å². The van der Waals surface area contributed by atoms with Gasteiger partial charge in [0.25, 0.3) is 0 Å². The van der Waals surface area contributed by atoms with E-state index in [9.17, 15) is 35.7 Å². The average Bonchev–Trinajstić information content (AvgIpc) is 2.61.